The molecule has 1 aliphatic rings. The summed E-state index contributed by atoms with van der Waals surface area (Å²) in [6.07, 6.45) is 6.48. The fourth-order valence-corrected chi connectivity index (χ4v) is 3.00. The second kappa shape index (κ2) is 4.55. The van der Waals surface area contributed by atoms with Crippen molar-refractivity contribution < 1.29 is 5.11 Å². The van der Waals surface area contributed by atoms with E-state index in [0.29, 0.717) is 6.54 Å². The van der Waals surface area contributed by atoms with Crippen LogP contribution in [0.4, 0.5) is 0 Å². The van der Waals surface area contributed by atoms with Crippen molar-refractivity contribution in [3.63, 3.8) is 0 Å². The first kappa shape index (κ1) is 11.6. The zero-order chi connectivity index (χ0) is 11.6. The molecular formula is C12H21N3O. The molecule has 2 rings (SSSR count). The number of rotatable bonds is 4. The lowest BCUT2D eigenvalue weighted by Gasteiger charge is -2.34. The van der Waals surface area contributed by atoms with Gasteiger partial charge in [0.25, 0.3) is 0 Å². The number of aromatic nitrogens is 2. The topological polar surface area (TPSA) is 64.1 Å². The molecule has 0 bridgehead atoms. The zero-order valence-corrected chi connectivity index (χ0v) is 9.89. The highest BCUT2D eigenvalue weighted by Gasteiger charge is 2.41. The molecule has 0 radical (unpaired) electrons. The van der Waals surface area contributed by atoms with Gasteiger partial charge in [-0.25, -0.2) is 0 Å². The lowest BCUT2D eigenvalue weighted by molar-refractivity contribution is 0.101. The van der Waals surface area contributed by atoms with E-state index < -0.39 is 0 Å². The smallest absolute Gasteiger partial charge is 0.0674 e. The van der Waals surface area contributed by atoms with Gasteiger partial charge < -0.3 is 10.8 Å². The van der Waals surface area contributed by atoms with Gasteiger partial charge in [-0.15, -0.1) is 0 Å². The molecule has 90 valence electrons. The van der Waals surface area contributed by atoms with Crippen LogP contribution in [0.15, 0.2) is 12.3 Å². The highest BCUT2D eigenvalue weighted by Crippen LogP contribution is 2.47. The minimum atomic E-state index is -0.0247. The summed E-state index contributed by atoms with van der Waals surface area (Å²) in [6, 6.07) is 2.02. The van der Waals surface area contributed by atoms with E-state index in [4.69, 9.17) is 5.73 Å². The van der Waals surface area contributed by atoms with Gasteiger partial charge in [0.05, 0.1) is 5.69 Å². The maximum Gasteiger partial charge on any atom is 0.0674 e. The lowest BCUT2D eigenvalue weighted by atomic mass is 9.73. The fourth-order valence-electron chi connectivity index (χ4n) is 3.00. The standard InChI is InChI=1S/C12H21N3O/c1-15-7-4-11(14-15)10(8-13)12(9-16)5-2-3-6-12/h4,7,10,16H,2-3,5-6,8-9,13H2,1H3/t10-/m0/s1. The minimum Gasteiger partial charge on any atom is -0.396 e. The van der Waals surface area contributed by atoms with Gasteiger partial charge in [0.1, 0.15) is 0 Å². The Morgan fingerprint density at radius 3 is 2.69 bits per heavy atom. The molecule has 1 aromatic heterocycles. The summed E-state index contributed by atoms with van der Waals surface area (Å²) in [5, 5.41) is 14.1. The van der Waals surface area contributed by atoms with Crippen molar-refractivity contribution in [1.29, 1.82) is 0 Å². The minimum absolute atomic E-state index is 0.0247. The van der Waals surface area contributed by atoms with Crippen LogP contribution >= 0.6 is 0 Å². The molecule has 0 spiro atoms. The Bertz CT molecular complexity index is 342. The van der Waals surface area contributed by atoms with Crippen LogP contribution < -0.4 is 5.73 Å². The molecule has 0 saturated heterocycles. The van der Waals surface area contributed by atoms with Crippen LogP contribution in [0.3, 0.4) is 0 Å². The monoisotopic (exact) mass is 223 g/mol. The third-order valence-corrected chi connectivity index (χ3v) is 3.98. The van der Waals surface area contributed by atoms with Crippen LogP contribution in [0.1, 0.15) is 37.3 Å². The van der Waals surface area contributed by atoms with Gasteiger partial charge in [0.2, 0.25) is 0 Å². The largest absolute Gasteiger partial charge is 0.396 e. The third kappa shape index (κ3) is 1.87. The number of nitrogens with two attached hydrogens (primary N) is 1. The molecule has 1 saturated carbocycles. The summed E-state index contributed by atoms with van der Waals surface area (Å²) in [4.78, 5) is 0. The van der Waals surface area contributed by atoms with E-state index in [-0.39, 0.29) is 17.9 Å². The van der Waals surface area contributed by atoms with E-state index in [1.165, 1.54) is 12.8 Å². The second-order valence-corrected chi connectivity index (χ2v) is 4.93. The highest BCUT2D eigenvalue weighted by molar-refractivity contribution is 5.13. The van der Waals surface area contributed by atoms with Gasteiger partial charge >= 0.3 is 0 Å². The van der Waals surface area contributed by atoms with Gasteiger partial charge in [0, 0.05) is 37.7 Å². The van der Waals surface area contributed by atoms with Crippen LogP contribution in [0.5, 0.6) is 0 Å². The molecule has 0 unspecified atom stereocenters. The molecule has 3 N–H and O–H groups in total. The lowest BCUT2D eigenvalue weighted by Crippen LogP contribution is -2.35. The van der Waals surface area contributed by atoms with Crippen LogP contribution in [0.25, 0.3) is 0 Å². The molecule has 1 aliphatic carbocycles. The van der Waals surface area contributed by atoms with E-state index in [2.05, 4.69) is 5.10 Å². The molecule has 1 atom stereocenters. The summed E-state index contributed by atoms with van der Waals surface area (Å²) < 4.78 is 1.80. The van der Waals surface area contributed by atoms with Crippen LogP contribution in [-0.4, -0.2) is 28.0 Å². The van der Waals surface area contributed by atoms with E-state index in [9.17, 15) is 5.11 Å². The van der Waals surface area contributed by atoms with Crippen molar-refractivity contribution in [2.24, 2.45) is 18.2 Å². The van der Waals surface area contributed by atoms with Crippen molar-refractivity contribution in [3.05, 3.63) is 18.0 Å². The first-order chi connectivity index (χ1) is 7.72. The van der Waals surface area contributed by atoms with Gasteiger partial charge in [-0.2, -0.15) is 5.10 Å². The van der Waals surface area contributed by atoms with E-state index in [0.717, 1.165) is 18.5 Å². The Morgan fingerprint density at radius 2 is 2.25 bits per heavy atom. The predicted molar refractivity (Wildman–Crippen MR) is 63.0 cm³/mol. The first-order valence-electron chi connectivity index (χ1n) is 6.02. The Balaban J connectivity index is 2.27. The van der Waals surface area contributed by atoms with Crippen LogP contribution in [0, 0.1) is 5.41 Å². The predicted octanol–water partition coefficient (Wildman–Crippen LogP) is 1.02. The molecule has 0 aliphatic heterocycles. The Hall–Kier alpha value is -0.870. The number of nitrogens with zero attached hydrogens (tertiary/aromatic N) is 2. The van der Waals surface area contributed by atoms with Gasteiger partial charge in [-0.05, 0) is 18.9 Å². The number of aliphatic hydroxyl groups is 1. The summed E-state index contributed by atoms with van der Waals surface area (Å²) in [5.41, 5.74) is 6.90. The third-order valence-electron chi connectivity index (χ3n) is 3.98. The maximum atomic E-state index is 9.70. The maximum absolute atomic E-state index is 9.70. The molecule has 1 aromatic rings. The average Bonchev–Trinajstić information content (AvgIpc) is 2.90. The van der Waals surface area contributed by atoms with Crippen molar-refractivity contribution >= 4 is 0 Å². The van der Waals surface area contributed by atoms with Crippen LogP contribution in [0.2, 0.25) is 0 Å². The second-order valence-electron chi connectivity index (χ2n) is 4.93. The summed E-state index contributed by atoms with van der Waals surface area (Å²) >= 11 is 0. The van der Waals surface area contributed by atoms with E-state index in [1.807, 2.05) is 19.3 Å². The first-order valence-corrected chi connectivity index (χ1v) is 6.02. The molecule has 4 heteroatoms. The Kier molecular flexibility index (Phi) is 3.30. The zero-order valence-electron chi connectivity index (χ0n) is 9.89. The Morgan fingerprint density at radius 1 is 1.56 bits per heavy atom. The molecule has 4 nitrogen and oxygen atoms in total. The summed E-state index contributed by atoms with van der Waals surface area (Å²) in [7, 11) is 1.91. The molecular weight excluding hydrogens is 202 g/mol. The normalized spacial score (nSPS) is 21.2. The van der Waals surface area contributed by atoms with Crippen molar-refractivity contribution in [2.45, 2.75) is 31.6 Å². The van der Waals surface area contributed by atoms with Crippen molar-refractivity contribution in [1.82, 2.24) is 9.78 Å². The van der Waals surface area contributed by atoms with E-state index >= 15 is 0 Å². The quantitative estimate of drug-likeness (QED) is 0.801. The molecule has 16 heavy (non-hydrogen) atoms. The number of aryl methyl sites for hydroxylation is 1. The number of hydrogen-bond acceptors (Lipinski definition) is 3. The van der Waals surface area contributed by atoms with Crippen molar-refractivity contribution in [3.8, 4) is 0 Å². The van der Waals surface area contributed by atoms with Gasteiger partial charge in [-0.3, -0.25) is 4.68 Å². The van der Waals surface area contributed by atoms with Gasteiger partial charge in [0.15, 0.2) is 0 Å². The summed E-state index contributed by atoms with van der Waals surface area (Å²) in [6.45, 7) is 0.795. The highest BCUT2D eigenvalue weighted by atomic mass is 16.3. The Labute approximate surface area is 96.5 Å². The molecule has 0 amide bonds. The van der Waals surface area contributed by atoms with Crippen LogP contribution in [-0.2, 0) is 7.05 Å². The number of aliphatic hydroxyl groups excluding tert-OH is 1. The average molecular weight is 223 g/mol. The summed E-state index contributed by atoms with van der Waals surface area (Å²) in [5.74, 6) is 0.196. The van der Waals surface area contributed by atoms with E-state index in [1.54, 1.807) is 4.68 Å². The molecule has 1 fully saturated rings. The molecule has 1 heterocycles. The van der Waals surface area contributed by atoms with Crippen molar-refractivity contribution in [2.75, 3.05) is 13.2 Å². The SMILES string of the molecule is Cn1ccc([C@H](CN)C2(CO)CCCC2)n1. The number of hydrogen-bond donors (Lipinski definition) is 2. The fraction of sp³-hybridized carbons (Fsp3) is 0.750. The van der Waals surface area contributed by atoms with Gasteiger partial charge in [-0.1, -0.05) is 12.8 Å². The molecule has 0 aromatic carbocycles.